The van der Waals surface area contributed by atoms with Gasteiger partial charge in [0.25, 0.3) is 5.60 Å². The highest BCUT2D eigenvalue weighted by Gasteiger charge is 2.58. The van der Waals surface area contributed by atoms with Gasteiger partial charge in [-0.05, 0) is 5.56 Å². The highest BCUT2D eigenvalue weighted by Crippen LogP contribution is 2.38. The third-order valence-electron chi connectivity index (χ3n) is 2.08. The molecule has 7 heteroatoms. The van der Waals surface area contributed by atoms with E-state index in [1.807, 2.05) is 0 Å². The van der Waals surface area contributed by atoms with Crippen LogP contribution in [0.4, 0.5) is 13.2 Å². The molecule has 0 saturated heterocycles. The molecular weight excluding hydrogens is 227 g/mol. The second-order valence-electron chi connectivity index (χ2n) is 3.21. The molecule has 1 atom stereocenters. The van der Waals surface area contributed by atoms with E-state index in [2.05, 4.69) is 0 Å². The lowest BCUT2D eigenvalue weighted by Gasteiger charge is -2.26. The first-order chi connectivity index (χ1) is 7.27. The molecule has 0 aliphatic heterocycles. The summed E-state index contributed by atoms with van der Waals surface area (Å²) in [6.45, 7) is -1.61. The summed E-state index contributed by atoms with van der Waals surface area (Å²) >= 11 is 0. The van der Waals surface area contributed by atoms with E-state index < -0.39 is 28.8 Å². The van der Waals surface area contributed by atoms with Crippen LogP contribution < -0.4 is 0 Å². The van der Waals surface area contributed by atoms with Crippen molar-refractivity contribution in [2.24, 2.45) is 0 Å². The molecule has 0 aliphatic rings. The van der Waals surface area contributed by atoms with E-state index in [1.54, 1.807) is 0 Å². The third-order valence-corrected chi connectivity index (χ3v) is 2.08. The third kappa shape index (κ3) is 2.30. The molecule has 0 aliphatic carbocycles. The lowest BCUT2D eigenvalue weighted by Crippen LogP contribution is -2.47. The molecule has 88 valence electrons. The summed E-state index contributed by atoms with van der Waals surface area (Å²) in [6, 6.07) is 5.98. The van der Waals surface area contributed by atoms with Gasteiger partial charge in [0, 0.05) is 4.92 Å². The Hall–Kier alpha value is -1.63. The van der Waals surface area contributed by atoms with Crippen LogP contribution >= 0.6 is 0 Å². The number of benzene rings is 1. The molecule has 0 fully saturated rings. The Morgan fingerprint density at radius 3 is 2.12 bits per heavy atom. The predicted octanol–water partition coefficient (Wildman–Crippen LogP) is 1.71. The lowest BCUT2D eigenvalue weighted by atomic mass is 9.93. The normalized spacial score (nSPS) is 15.5. The summed E-state index contributed by atoms with van der Waals surface area (Å²) < 4.78 is 37.8. The van der Waals surface area contributed by atoms with Crippen molar-refractivity contribution in [3.05, 3.63) is 46.0 Å². The summed E-state index contributed by atoms with van der Waals surface area (Å²) in [6.07, 6.45) is -5.10. The smallest absolute Gasteiger partial charge is 0.371 e. The van der Waals surface area contributed by atoms with E-state index in [-0.39, 0.29) is 0 Å². The average Bonchev–Trinajstić information content (AvgIpc) is 2.16. The van der Waals surface area contributed by atoms with E-state index in [0.717, 1.165) is 12.1 Å². The molecule has 1 aromatic rings. The van der Waals surface area contributed by atoms with Gasteiger partial charge in [0.05, 0.1) is 0 Å². The average molecular weight is 235 g/mol. The maximum Gasteiger partial charge on any atom is 0.428 e. The molecule has 0 aromatic heterocycles. The van der Waals surface area contributed by atoms with Gasteiger partial charge in [-0.2, -0.15) is 13.2 Å². The predicted molar refractivity (Wildman–Crippen MR) is 48.3 cm³/mol. The van der Waals surface area contributed by atoms with Gasteiger partial charge in [-0.15, -0.1) is 0 Å². The minimum absolute atomic E-state index is 0.542. The quantitative estimate of drug-likeness (QED) is 0.640. The Labute approximate surface area is 88.5 Å². The van der Waals surface area contributed by atoms with Crippen LogP contribution in [0, 0.1) is 10.1 Å². The molecule has 0 spiro atoms. The van der Waals surface area contributed by atoms with E-state index in [1.165, 1.54) is 18.2 Å². The number of aliphatic hydroxyl groups is 1. The Kier molecular flexibility index (Phi) is 3.18. The van der Waals surface area contributed by atoms with Crippen molar-refractivity contribution in [2.45, 2.75) is 11.8 Å². The number of hydrogen-bond donors (Lipinski definition) is 1. The first-order valence-electron chi connectivity index (χ1n) is 4.24. The molecule has 16 heavy (non-hydrogen) atoms. The number of nitro groups is 1. The summed E-state index contributed by atoms with van der Waals surface area (Å²) in [5.74, 6) is 0. The number of nitrogens with zero attached hydrogens (tertiary/aromatic N) is 1. The van der Waals surface area contributed by atoms with Crippen molar-refractivity contribution in [1.29, 1.82) is 0 Å². The van der Waals surface area contributed by atoms with Gasteiger partial charge in [-0.1, -0.05) is 30.3 Å². The lowest BCUT2D eigenvalue weighted by molar-refractivity contribution is -0.519. The van der Waals surface area contributed by atoms with Crippen LogP contribution in [0.15, 0.2) is 30.3 Å². The Morgan fingerprint density at radius 1 is 1.25 bits per heavy atom. The SMILES string of the molecule is O=[N+]([O-])C[C@](O)(c1ccccc1)C(F)(F)F. The topological polar surface area (TPSA) is 63.4 Å². The van der Waals surface area contributed by atoms with Crippen LogP contribution in [0.25, 0.3) is 0 Å². The molecule has 0 saturated carbocycles. The van der Waals surface area contributed by atoms with Crippen LogP contribution in [0.3, 0.4) is 0 Å². The number of rotatable bonds is 3. The molecule has 1 N–H and O–H groups in total. The van der Waals surface area contributed by atoms with E-state index >= 15 is 0 Å². The van der Waals surface area contributed by atoms with Gasteiger partial charge in [0.2, 0.25) is 6.54 Å². The number of hydrogen-bond acceptors (Lipinski definition) is 3. The fourth-order valence-electron chi connectivity index (χ4n) is 1.25. The molecular formula is C9H8F3NO3. The van der Waals surface area contributed by atoms with Crippen molar-refractivity contribution < 1.29 is 23.2 Å². The minimum Gasteiger partial charge on any atom is -0.371 e. The summed E-state index contributed by atoms with van der Waals surface area (Å²) in [5.41, 5.74) is -3.99. The van der Waals surface area contributed by atoms with E-state index in [9.17, 15) is 28.4 Å². The molecule has 0 bridgehead atoms. The second-order valence-corrected chi connectivity index (χ2v) is 3.21. The van der Waals surface area contributed by atoms with Gasteiger partial charge >= 0.3 is 6.18 Å². The molecule has 0 radical (unpaired) electrons. The highest BCUT2D eigenvalue weighted by molar-refractivity contribution is 5.24. The molecule has 1 rings (SSSR count). The van der Waals surface area contributed by atoms with Crippen LogP contribution in [-0.2, 0) is 5.60 Å². The van der Waals surface area contributed by atoms with Gasteiger partial charge < -0.3 is 5.11 Å². The van der Waals surface area contributed by atoms with E-state index in [4.69, 9.17) is 0 Å². The van der Waals surface area contributed by atoms with Crippen molar-refractivity contribution in [3.8, 4) is 0 Å². The Bertz CT molecular complexity index is 379. The second kappa shape index (κ2) is 4.09. The van der Waals surface area contributed by atoms with Crippen molar-refractivity contribution in [1.82, 2.24) is 0 Å². The standard InChI is InChI=1S/C9H8F3NO3/c10-9(11,12)8(14,6-13(15)16)7-4-2-1-3-5-7/h1-5,14H,6H2/t8-/m0/s1. The molecule has 1 aromatic carbocycles. The fourth-order valence-corrected chi connectivity index (χ4v) is 1.25. The first kappa shape index (κ1) is 12.4. The van der Waals surface area contributed by atoms with Gasteiger partial charge in [0.1, 0.15) is 0 Å². The largest absolute Gasteiger partial charge is 0.428 e. The molecule has 4 nitrogen and oxygen atoms in total. The van der Waals surface area contributed by atoms with Crippen molar-refractivity contribution in [3.63, 3.8) is 0 Å². The maximum atomic E-state index is 12.6. The summed E-state index contributed by atoms with van der Waals surface area (Å²) in [5, 5.41) is 19.6. The number of halogens is 3. The zero-order chi connectivity index (χ0) is 12.4. The van der Waals surface area contributed by atoms with Crippen molar-refractivity contribution in [2.75, 3.05) is 6.54 Å². The summed E-state index contributed by atoms with van der Waals surface area (Å²) in [4.78, 5) is 8.99. The monoisotopic (exact) mass is 235 g/mol. The van der Waals surface area contributed by atoms with Crippen LogP contribution in [-0.4, -0.2) is 22.8 Å². The number of alkyl halides is 3. The van der Waals surface area contributed by atoms with Crippen LogP contribution in [0.2, 0.25) is 0 Å². The minimum atomic E-state index is -5.10. The molecule has 0 heterocycles. The summed E-state index contributed by atoms with van der Waals surface area (Å²) in [7, 11) is 0. The first-order valence-corrected chi connectivity index (χ1v) is 4.24. The zero-order valence-corrected chi connectivity index (χ0v) is 7.94. The van der Waals surface area contributed by atoms with Crippen molar-refractivity contribution >= 4 is 0 Å². The van der Waals surface area contributed by atoms with Gasteiger partial charge in [-0.25, -0.2) is 0 Å². The van der Waals surface area contributed by atoms with Crippen LogP contribution in [0.1, 0.15) is 5.56 Å². The van der Waals surface area contributed by atoms with Gasteiger partial charge in [-0.3, -0.25) is 10.1 Å². The fraction of sp³-hybridized carbons (Fsp3) is 0.333. The molecule has 0 amide bonds. The van der Waals surface area contributed by atoms with Gasteiger partial charge in [0.15, 0.2) is 0 Å². The Morgan fingerprint density at radius 2 is 1.75 bits per heavy atom. The zero-order valence-electron chi connectivity index (χ0n) is 7.94. The Balaban J connectivity index is 3.21. The molecule has 0 unspecified atom stereocenters. The van der Waals surface area contributed by atoms with Crippen LogP contribution in [0.5, 0.6) is 0 Å². The van der Waals surface area contributed by atoms with E-state index in [0.29, 0.717) is 0 Å². The maximum absolute atomic E-state index is 12.6. The highest BCUT2D eigenvalue weighted by atomic mass is 19.4.